The van der Waals surface area contributed by atoms with Crippen molar-refractivity contribution in [2.45, 2.75) is 0 Å². The minimum Gasteiger partial charge on any atom is -0.0616 e. The van der Waals surface area contributed by atoms with Gasteiger partial charge in [0.1, 0.15) is 0 Å². The summed E-state index contributed by atoms with van der Waals surface area (Å²) in [5.41, 5.74) is 7.62. The Hall–Kier alpha value is -5.20. The SMILES string of the molecule is c1ccc2c(-c3ccc(-c4ccc(-c5cccc6ccccc56)c5ccccc45)c4ccccc34)cccc2c1. The first-order valence-electron chi connectivity index (χ1n) is 13.9. The molecule has 0 N–H and O–H groups in total. The molecule has 0 nitrogen and oxygen atoms in total. The number of hydrogen-bond acceptors (Lipinski definition) is 0. The smallest absolute Gasteiger partial charge is 0.00987 e. The number of hydrogen-bond donors (Lipinski definition) is 0. The Labute approximate surface area is 233 Å². The molecule has 0 amide bonds. The lowest BCUT2D eigenvalue weighted by Crippen LogP contribution is -1.90. The third kappa shape index (κ3) is 3.54. The average molecular weight is 507 g/mol. The van der Waals surface area contributed by atoms with Gasteiger partial charge < -0.3 is 0 Å². The molecule has 8 aromatic rings. The summed E-state index contributed by atoms with van der Waals surface area (Å²) in [6.45, 7) is 0. The Bertz CT molecular complexity index is 2050. The minimum atomic E-state index is 1.26. The van der Waals surface area contributed by atoms with E-state index < -0.39 is 0 Å². The predicted molar refractivity (Wildman–Crippen MR) is 173 cm³/mol. The summed E-state index contributed by atoms with van der Waals surface area (Å²) in [5.74, 6) is 0. The third-order valence-corrected chi connectivity index (χ3v) is 8.30. The summed E-state index contributed by atoms with van der Waals surface area (Å²) >= 11 is 0. The van der Waals surface area contributed by atoms with E-state index >= 15 is 0 Å². The Kier molecular flexibility index (Phi) is 5.24. The topological polar surface area (TPSA) is 0 Å². The molecule has 186 valence electrons. The van der Waals surface area contributed by atoms with Crippen molar-refractivity contribution in [3.05, 3.63) is 158 Å². The molecule has 0 radical (unpaired) electrons. The lowest BCUT2D eigenvalue weighted by atomic mass is 9.86. The highest BCUT2D eigenvalue weighted by atomic mass is 14.2. The van der Waals surface area contributed by atoms with Gasteiger partial charge in [-0.3, -0.25) is 0 Å². The maximum absolute atomic E-state index is 2.32. The summed E-state index contributed by atoms with van der Waals surface area (Å²) in [4.78, 5) is 0. The van der Waals surface area contributed by atoms with Crippen molar-refractivity contribution in [2.24, 2.45) is 0 Å². The van der Waals surface area contributed by atoms with Crippen LogP contribution in [0.4, 0.5) is 0 Å². The van der Waals surface area contributed by atoms with Gasteiger partial charge in [0.15, 0.2) is 0 Å². The van der Waals surface area contributed by atoms with Gasteiger partial charge in [-0.05, 0) is 76.5 Å². The Balaban J connectivity index is 1.37. The normalized spacial score (nSPS) is 11.5. The molecule has 0 saturated heterocycles. The van der Waals surface area contributed by atoms with Gasteiger partial charge in [-0.1, -0.05) is 158 Å². The number of benzene rings is 8. The van der Waals surface area contributed by atoms with E-state index in [0.29, 0.717) is 0 Å². The van der Waals surface area contributed by atoms with Gasteiger partial charge in [0.05, 0.1) is 0 Å². The first-order chi connectivity index (χ1) is 19.9. The van der Waals surface area contributed by atoms with Crippen molar-refractivity contribution >= 4 is 43.1 Å². The van der Waals surface area contributed by atoms with Crippen LogP contribution in [0.5, 0.6) is 0 Å². The molecule has 8 rings (SSSR count). The maximum atomic E-state index is 2.32. The maximum Gasteiger partial charge on any atom is -0.00987 e. The summed E-state index contributed by atoms with van der Waals surface area (Å²) in [6.07, 6.45) is 0. The highest BCUT2D eigenvalue weighted by molar-refractivity contribution is 6.15. The Morgan fingerprint density at radius 1 is 0.175 bits per heavy atom. The van der Waals surface area contributed by atoms with Gasteiger partial charge in [-0.15, -0.1) is 0 Å². The fraction of sp³-hybridized carbons (Fsp3) is 0. The quantitative estimate of drug-likeness (QED) is 0.223. The molecule has 0 aromatic heterocycles. The zero-order valence-corrected chi connectivity index (χ0v) is 22.0. The van der Waals surface area contributed by atoms with Gasteiger partial charge in [-0.2, -0.15) is 0 Å². The zero-order chi connectivity index (χ0) is 26.5. The average Bonchev–Trinajstić information content (AvgIpc) is 3.03. The van der Waals surface area contributed by atoms with Crippen molar-refractivity contribution in [2.75, 3.05) is 0 Å². The second kappa shape index (κ2) is 9.22. The van der Waals surface area contributed by atoms with Crippen molar-refractivity contribution in [1.82, 2.24) is 0 Å². The monoisotopic (exact) mass is 506 g/mol. The molecular weight excluding hydrogens is 480 g/mol. The van der Waals surface area contributed by atoms with E-state index in [0.717, 1.165) is 0 Å². The first-order valence-corrected chi connectivity index (χ1v) is 13.9. The zero-order valence-electron chi connectivity index (χ0n) is 22.0. The molecule has 0 aliphatic carbocycles. The van der Waals surface area contributed by atoms with Gasteiger partial charge in [-0.25, -0.2) is 0 Å². The lowest BCUT2D eigenvalue weighted by molar-refractivity contribution is 1.65. The van der Waals surface area contributed by atoms with Crippen molar-refractivity contribution in [3.63, 3.8) is 0 Å². The van der Waals surface area contributed by atoms with E-state index in [2.05, 4.69) is 158 Å². The van der Waals surface area contributed by atoms with Gasteiger partial charge in [0.2, 0.25) is 0 Å². The van der Waals surface area contributed by atoms with Crippen LogP contribution in [-0.4, -0.2) is 0 Å². The van der Waals surface area contributed by atoms with E-state index in [1.54, 1.807) is 0 Å². The van der Waals surface area contributed by atoms with Crippen LogP contribution in [0.1, 0.15) is 0 Å². The highest BCUT2D eigenvalue weighted by Gasteiger charge is 2.15. The Morgan fingerprint density at radius 3 is 0.775 bits per heavy atom. The summed E-state index contributed by atoms with van der Waals surface area (Å²) < 4.78 is 0. The van der Waals surface area contributed by atoms with Crippen LogP contribution in [0.15, 0.2) is 158 Å². The van der Waals surface area contributed by atoms with Crippen LogP contribution in [0.2, 0.25) is 0 Å². The predicted octanol–water partition coefficient (Wildman–Crippen LogP) is 11.3. The van der Waals surface area contributed by atoms with E-state index in [1.807, 2.05) is 0 Å². The Morgan fingerprint density at radius 2 is 0.425 bits per heavy atom. The molecule has 0 spiro atoms. The second-order valence-corrected chi connectivity index (χ2v) is 10.5. The molecule has 0 heteroatoms. The lowest BCUT2D eigenvalue weighted by Gasteiger charge is -2.17. The van der Waals surface area contributed by atoms with E-state index in [4.69, 9.17) is 0 Å². The molecule has 8 aromatic carbocycles. The molecule has 0 aliphatic rings. The number of fused-ring (bicyclic) bond motifs is 4. The fourth-order valence-electron chi connectivity index (χ4n) is 6.46. The van der Waals surface area contributed by atoms with E-state index in [-0.39, 0.29) is 0 Å². The van der Waals surface area contributed by atoms with Crippen molar-refractivity contribution < 1.29 is 0 Å². The standard InChI is InChI=1S/C40H26/c1-3-15-29-27(11-1)13-9-21-31(29)37-23-25-39(35-19-7-5-17-33(35)37)40-26-24-38(34-18-6-8-20-36(34)40)32-22-10-14-28-12-2-4-16-30(28)32/h1-26H. The van der Waals surface area contributed by atoms with E-state index in [9.17, 15) is 0 Å². The summed E-state index contributed by atoms with van der Waals surface area (Å²) in [7, 11) is 0. The summed E-state index contributed by atoms with van der Waals surface area (Å²) in [5, 5.41) is 10.2. The van der Waals surface area contributed by atoms with E-state index in [1.165, 1.54) is 76.5 Å². The first kappa shape index (κ1) is 22.8. The molecule has 40 heavy (non-hydrogen) atoms. The molecule has 0 saturated carbocycles. The van der Waals surface area contributed by atoms with Crippen LogP contribution in [0, 0.1) is 0 Å². The molecular formula is C40H26. The summed E-state index contributed by atoms with van der Waals surface area (Å²) in [6, 6.07) is 57.5. The van der Waals surface area contributed by atoms with Crippen molar-refractivity contribution in [3.8, 4) is 33.4 Å². The third-order valence-electron chi connectivity index (χ3n) is 8.30. The van der Waals surface area contributed by atoms with Crippen LogP contribution in [0.3, 0.4) is 0 Å². The van der Waals surface area contributed by atoms with Crippen LogP contribution < -0.4 is 0 Å². The van der Waals surface area contributed by atoms with Crippen LogP contribution in [-0.2, 0) is 0 Å². The van der Waals surface area contributed by atoms with Crippen LogP contribution in [0.25, 0.3) is 76.5 Å². The van der Waals surface area contributed by atoms with Crippen LogP contribution >= 0.6 is 0 Å². The molecule has 0 heterocycles. The molecule has 0 fully saturated rings. The largest absolute Gasteiger partial charge is 0.0616 e. The van der Waals surface area contributed by atoms with Gasteiger partial charge in [0.25, 0.3) is 0 Å². The van der Waals surface area contributed by atoms with Gasteiger partial charge >= 0.3 is 0 Å². The minimum absolute atomic E-state index is 1.26. The van der Waals surface area contributed by atoms with Gasteiger partial charge in [0, 0.05) is 0 Å². The molecule has 0 atom stereocenters. The highest BCUT2D eigenvalue weighted by Crippen LogP contribution is 2.42. The molecule has 0 unspecified atom stereocenters. The van der Waals surface area contributed by atoms with Crippen molar-refractivity contribution in [1.29, 1.82) is 0 Å². The second-order valence-electron chi connectivity index (χ2n) is 10.5. The molecule has 0 bridgehead atoms. The molecule has 0 aliphatic heterocycles. The number of rotatable bonds is 3. The fourth-order valence-corrected chi connectivity index (χ4v) is 6.46.